The Kier molecular flexibility index (Phi) is 6.47. The first kappa shape index (κ1) is 23.6. The van der Waals surface area contributed by atoms with E-state index in [1.807, 2.05) is 30.3 Å². The number of nitrogens with zero attached hydrogens (tertiary/aromatic N) is 6. The van der Waals surface area contributed by atoms with Crippen LogP contribution in [0.1, 0.15) is 5.56 Å². The maximum absolute atomic E-state index is 13.1. The molecule has 1 saturated heterocycles. The van der Waals surface area contributed by atoms with E-state index in [0.29, 0.717) is 29.3 Å². The lowest BCUT2D eigenvalue weighted by atomic mass is 10.1. The average molecular weight is 486 g/mol. The Morgan fingerprint density at radius 1 is 1.14 bits per heavy atom. The molecule has 1 fully saturated rings. The van der Waals surface area contributed by atoms with Gasteiger partial charge in [-0.3, -0.25) is 4.79 Å². The molecule has 0 bridgehead atoms. The smallest absolute Gasteiger partial charge is 0.278 e. The molecule has 0 unspecified atom stereocenters. The van der Waals surface area contributed by atoms with E-state index < -0.39 is 0 Å². The van der Waals surface area contributed by atoms with Crippen molar-refractivity contribution in [3.63, 3.8) is 0 Å². The highest BCUT2D eigenvalue weighted by Crippen LogP contribution is 2.27. The fourth-order valence-corrected chi connectivity index (χ4v) is 4.64. The predicted molar refractivity (Wildman–Crippen MR) is 144 cm³/mol. The van der Waals surface area contributed by atoms with E-state index in [4.69, 9.17) is 9.72 Å². The van der Waals surface area contributed by atoms with Crippen molar-refractivity contribution in [2.45, 2.75) is 13.5 Å². The Hall–Kier alpha value is -4.11. The third-order valence-corrected chi connectivity index (χ3v) is 6.57. The lowest BCUT2D eigenvalue weighted by Gasteiger charge is -2.35. The normalized spacial score (nSPS) is 14.2. The third-order valence-electron chi connectivity index (χ3n) is 6.57. The summed E-state index contributed by atoms with van der Waals surface area (Å²) in [5.74, 6) is 1.11. The largest absolute Gasteiger partial charge is 0.497 e. The first-order chi connectivity index (χ1) is 17.5. The number of allylic oxidation sites excluding steroid dienone is 1. The molecule has 36 heavy (non-hydrogen) atoms. The summed E-state index contributed by atoms with van der Waals surface area (Å²) in [5, 5.41) is 3.75. The molecule has 0 radical (unpaired) electrons. The molecule has 3 heterocycles. The number of ether oxygens (including phenoxy) is 1. The highest BCUT2D eigenvalue weighted by atomic mass is 16.5. The van der Waals surface area contributed by atoms with Gasteiger partial charge in [0, 0.05) is 49.8 Å². The molecule has 5 rings (SSSR count). The maximum Gasteiger partial charge on any atom is 0.278 e. The Labute approximate surface area is 210 Å². The Morgan fingerprint density at radius 2 is 1.94 bits per heavy atom. The highest BCUT2D eigenvalue weighted by Gasteiger charge is 2.18. The number of aryl methyl sites for hydroxylation is 1. The van der Waals surface area contributed by atoms with Crippen LogP contribution in [-0.4, -0.2) is 64.6 Å². The Balaban J connectivity index is 1.50. The van der Waals surface area contributed by atoms with Crippen LogP contribution < -0.4 is 20.5 Å². The van der Waals surface area contributed by atoms with E-state index in [0.717, 1.165) is 37.6 Å². The number of aromatic nitrogens is 4. The Bertz CT molecular complexity index is 1470. The molecule has 2 aromatic heterocycles. The fraction of sp³-hybridized carbons (Fsp3) is 0.296. The highest BCUT2D eigenvalue weighted by molar-refractivity contribution is 5.77. The zero-order chi connectivity index (χ0) is 25.2. The van der Waals surface area contributed by atoms with E-state index in [1.165, 1.54) is 11.3 Å². The molecule has 0 aliphatic carbocycles. The van der Waals surface area contributed by atoms with Crippen molar-refractivity contribution < 1.29 is 4.74 Å². The zero-order valence-corrected chi connectivity index (χ0v) is 20.9. The number of rotatable bonds is 7. The molecule has 1 aliphatic heterocycles. The monoisotopic (exact) mass is 485 g/mol. The molecule has 1 N–H and O–H groups in total. The van der Waals surface area contributed by atoms with Crippen LogP contribution in [0.25, 0.3) is 16.7 Å². The van der Waals surface area contributed by atoms with Crippen LogP contribution in [0.3, 0.4) is 0 Å². The molecule has 0 spiro atoms. The van der Waals surface area contributed by atoms with Gasteiger partial charge in [0.1, 0.15) is 11.1 Å². The van der Waals surface area contributed by atoms with Gasteiger partial charge in [0.15, 0.2) is 5.65 Å². The summed E-state index contributed by atoms with van der Waals surface area (Å²) in [6.07, 6.45) is 3.27. The molecule has 9 nitrogen and oxygen atoms in total. The Morgan fingerprint density at radius 3 is 2.67 bits per heavy atom. The van der Waals surface area contributed by atoms with Crippen LogP contribution in [0.2, 0.25) is 0 Å². The minimum absolute atomic E-state index is 0.174. The lowest BCUT2D eigenvalue weighted by molar-refractivity contribution is 0.312. The minimum atomic E-state index is -0.174. The van der Waals surface area contributed by atoms with Crippen molar-refractivity contribution in [1.29, 1.82) is 0 Å². The molecule has 9 heteroatoms. The van der Waals surface area contributed by atoms with Gasteiger partial charge < -0.3 is 19.9 Å². The summed E-state index contributed by atoms with van der Waals surface area (Å²) in [4.78, 5) is 27.1. The summed E-state index contributed by atoms with van der Waals surface area (Å²) in [6, 6.07) is 13.8. The number of piperazine rings is 1. The van der Waals surface area contributed by atoms with E-state index >= 15 is 0 Å². The first-order valence-electron chi connectivity index (χ1n) is 12.0. The summed E-state index contributed by atoms with van der Waals surface area (Å²) in [7, 11) is 3.78. The zero-order valence-electron chi connectivity index (χ0n) is 20.9. The molecule has 0 atom stereocenters. The maximum atomic E-state index is 13.1. The summed E-state index contributed by atoms with van der Waals surface area (Å²) in [6.45, 7) is 10.4. The number of hydrogen-bond acceptors (Lipinski definition) is 7. The third kappa shape index (κ3) is 4.45. The quantitative estimate of drug-likeness (QED) is 0.401. The van der Waals surface area contributed by atoms with E-state index in [1.54, 1.807) is 28.7 Å². The molecule has 4 aromatic rings. The van der Waals surface area contributed by atoms with Crippen LogP contribution >= 0.6 is 0 Å². The molecular weight excluding hydrogens is 454 g/mol. The second kappa shape index (κ2) is 9.87. The summed E-state index contributed by atoms with van der Waals surface area (Å²) >= 11 is 0. The number of anilines is 3. The standard InChI is InChI=1S/C27H31N7O2/c1-5-11-33-26(35)23-18-28-27(30-25(23)34(33)21-7-6-8-22(17-21)36-4)29-20-9-10-24(19(2)16-20)32-14-12-31(3)13-15-32/h5-10,16-18H,1,11-15H2,2-4H3,(H,28,29,30). The summed E-state index contributed by atoms with van der Waals surface area (Å²) in [5.41, 5.74) is 4.44. The van der Waals surface area contributed by atoms with Crippen LogP contribution in [0.4, 0.5) is 17.3 Å². The van der Waals surface area contributed by atoms with Gasteiger partial charge in [-0.1, -0.05) is 12.1 Å². The van der Waals surface area contributed by atoms with Crippen molar-refractivity contribution in [3.8, 4) is 11.4 Å². The second-order valence-electron chi connectivity index (χ2n) is 9.04. The second-order valence-corrected chi connectivity index (χ2v) is 9.04. The number of fused-ring (bicyclic) bond motifs is 1. The molecule has 0 amide bonds. The number of methoxy groups -OCH3 is 1. The van der Waals surface area contributed by atoms with Crippen molar-refractivity contribution in [1.82, 2.24) is 24.2 Å². The van der Waals surface area contributed by atoms with E-state index in [2.05, 4.69) is 52.8 Å². The fourth-order valence-electron chi connectivity index (χ4n) is 4.64. The number of hydrogen-bond donors (Lipinski definition) is 1. The van der Waals surface area contributed by atoms with E-state index in [-0.39, 0.29) is 5.56 Å². The van der Waals surface area contributed by atoms with Gasteiger partial charge in [-0.25, -0.2) is 14.3 Å². The van der Waals surface area contributed by atoms with Crippen molar-refractivity contribution in [3.05, 3.63) is 77.2 Å². The van der Waals surface area contributed by atoms with Gasteiger partial charge in [0.25, 0.3) is 5.56 Å². The van der Waals surface area contributed by atoms with Gasteiger partial charge in [-0.15, -0.1) is 6.58 Å². The van der Waals surface area contributed by atoms with Gasteiger partial charge in [-0.2, -0.15) is 4.98 Å². The lowest BCUT2D eigenvalue weighted by Crippen LogP contribution is -2.44. The first-order valence-corrected chi connectivity index (χ1v) is 12.0. The molecular formula is C27H31N7O2. The van der Waals surface area contributed by atoms with Gasteiger partial charge in [-0.05, 0) is 49.9 Å². The van der Waals surface area contributed by atoms with Gasteiger partial charge in [0.2, 0.25) is 5.95 Å². The number of nitrogens with one attached hydrogen (secondary N) is 1. The van der Waals surface area contributed by atoms with Crippen LogP contribution in [0.5, 0.6) is 5.75 Å². The van der Waals surface area contributed by atoms with Crippen LogP contribution in [-0.2, 0) is 6.54 Å². The van der Waals surface area contributed by atoms with Crippen molar-refractivity contribution in [2.24, 2.45) is 0 Å². The number of likely N-dealkylation sites (N-methyl/N-ethyl adjacent to an activating group) is 1. The summed E-state index contributed by atoms with van der Waals surface area (Å²) < 4.78 is 8.78. The molecule has 2 aromatic carbocycles. The average Bonchev–Trinajstić information content (AvgIpc) is 3.16. The van der Waals surface area contributed by atoms with Crippen molar-refractivity contribution in [2.75, 3.05) is 50.6 Å². The minimum Gasteiger partial charge on any atom is -0.497 e. The van der Waals surface area contributed by atoms with E-state index in [9.17, 15) is 4.79 Å². The van der Waals surface area contributed by atoms with Crippen molar-refractivity contribution >= 4 is 28.4 Å². The van der Waals surface area contributed by atoms with Crippen LogP contribution in [0, 0.1) is 6.92 Å². The molecule has 0 saturated carbocycles. The SMILES string of the molecule is C=CCn1c(=O)c2cnc(Nc3ccc(N4CCN(C)CC4)c(C)c3)nc2n1-c1cccc(OC)c1. The van der Waals surface area contributed by atoms with Gasteiger partial charge in [0.05, 0.1) is 19.3 Å². The van der Waals surface area contributed by atoms with Crippen LogP contribution in [0.15, 0.2) is 66.1 Å². The predicted octanol–water partition coefficient (Wildman–Crippen LogP) is 3.58. The topological polar surface area (TPSA) is 80.5 Å². The molecule has 186 valence electrons. The molecule has 1 aliphatic rings. The number of benzene rings is 2. The van der Waals surface area contributed by atoms with Gasteiger partial charge >= 0.3 is 0 Å².